The molecule has 0 saturated heterocycles. The van der Waals surface area contributed by atoms with Gasteiger partial charge in [0.05, 0.1) is 11.8 Å². The summed E-state index contributed by atoms with van der Waals surface area (Å²) in [6, 6.07) is 3.82. The van der Waals surface area contributed by atoms with Gasteiger partial charge in [-0.3, -0.25) is 4.98 Å². The molecule has 3 heterocycles. The third-order valence-corrected chi connectivity index (χ3v) is 4.43. The Kier molecular flexibility index (Phi) is 4.03. The quantitative estimate of drug-likeness (QED) is 0.941. The SMILES string of the molecule is CC(O)c1ccc(Sc2nnc3n2CCCCC3)cn1. The third-order valence-electron chi connectivity index (χ3n) is 3.47. The van der Waals surface area contributed by atoms with Crippen molar-refractivity contribution in [1.82, 2.24) is 19.7 Å². The topological polar surface area (TPSA) is 63.8 Å². The van der Waals surface area contributed by atoms with E-state index in [0.717, 1.165) is 28.8 Å². The van der Waals surface area contributed by atoms with Crippen LogP contribution in [0.2, 0.25) is 0 Å². The van der Waals surface area contributed by atoms with E-state index < -0.39 is 6.10 Å². The lowest BCUT2D eigenvalue weighted by Gasteiger charge is -2.07. The van der Waals surface area contributed by atoms with E-state index in [1.165, 1.54) is 19.3 Å². The number of pyridine rings is 1. The van der Waals surface area contributed by atoms with Crippen molar-refractivity contribution in [3.8, 4) is 0 Å². The van der Waals surface area contributed by atoms with Crippen molar-refractivity contribution in [1.29, 1.82) is 0 Å². The van der Waals surface area contributed by atoms with Crippen molar-refractivity contribution in [2.45, 2.75) is 55.3 Å². The van der Waals surface area contributed by atoms with Gasteiger partial charge in [-0.15, -0.1) is 10.2 Å². The second-order valence-corrected chi connectivity index (χ2v) is 6.10. The number of hydrogen-bond donors (Lipinski definition) is 1. The predicted molar refractivity (Wildman–Crippen MR) is 76.6 cm³/mol. The number of aromatic nitrogens is 4. The molecule has 1 aliphatic rings. The summed E-state index contributed by atoms with van der Waals surface area (Å²) in [4.78, 5) is 5.28. The van der Waals surface area contributed by atoms with Crippen LogP contribution in [0.25, 0.3) is 0 Å². The monoisotopic (exact) mass is 290 g/mol. The molecule has 0 aliphatic carbocycles. The van der Waals surface area contributed by atoms with E-state index in [-0.39, 0.29) is 0 Å². The summed E-state index contributed by atoms with van der Waals surface area (Å²) in [5.74, 6) is 1.10. The molecule has 1 aliphatic heterocycles. The van der Waals surface area contributed by atoms with E-state index in [2.05, 4.69) is 19.7 Å². The van der Waals surface area contributed by atoms with Crippen LogP contribution < -0.4 is 0 Å². The Morgan fingerprint density at radius 2 is 2.15 bits per heavy atom. The molecule has 0 aromatic carbocycles. The van der Waals surface area contributed by atoms with E-state index in [1.807, 2.05) is 12.1 Å². The van der Waals surface area contributed by atoms with Crippen molar-refractivity contribution < 1.29 is 5.11 Å². The maximum absolute atomic E-state index is 9.46. The van der Waals surface area contributed by atoms with Gasteiger partial charge in [-0.1, -0.05) is 6.42 Å². The number of rotatable bonds is 3. The molecule has 0 bridgehead atoms. The maximum atomic E-state index is 9.46. The zero-order valence-electron chi connectivity index (χ0n) is 11.5. The van der Waals surface area contributed by atoms with Crippen LogP contribution in [0, 0.1) is 0 Å². The van der Waals surface area contributed by atoms with Crippen molar-refractivity contribution >= 4 is 11.8 Å². The van der Waals surface area contributed by atoms with Crippen LogP contribution >= 0.6 is 11.8 Å². The van der Waals surface area contributed by atoms with Crippen molar-refractivity contribution in [2.24, 2.45) is 0 Å². The van der Waals surface area contributed by atoms with Crippen LogP contribution in [0.15, 0.2) is 28.4 Å². The Bertz CT molecular complexity index is 579. The summed E-state index contributed by atoms with van der Waals surface area (Å²) >= 11 is 1.58. The molecular weight excluding hydrogens is 272 g/mol. The molecule has 1 atom stereocenters. The molecule has 6 heteroatoms. The Balaban J connectivity index is 1.79. The fraction of sp³-hybridized carbons (Fsp3) is 0.500. The van der Waals surface area contributed by atoms with E-state index in [0.29, 0.717) is 5.69 Å². The summed E-state index contributed by atoms with van der Waals surface area (Å²) in [7, 11) is 0. The number of aliphatic hydroxyl groups excluding tert-OH is 1. The van der Waals surface area contributed by atoms with Gasteiger partial charge in [0, 0.05) is 24.1 Å². The Morgan fingerprint density at radius 1 is 1.25 bits per heavy atom. The summed E-state index contributed by atoms with van der Waals surface area (Å²) in [6.45, 7) is 2.72. The summed E-state index contributed by atoms with van der Waals surface area (Å²) in [5.41, 5.74) is 0.689. The smallest absolute Gasteiger partial charge is 0.196 e. The minimum absolute atomic E-state index is 0.529. The van der Waals surface area contributed by atoms with Gasteiger partial charge in [0.25, 0.3) is 0 Å². The lowest BCUT2D eigenvalue weighted by atomic mass is 10.2. The molecule has 106 valence electrons. The predicted octanol–water partition coefficient (Wildman–Crippen LogP) is 2.60. The first-order chi connectivity index (χ1) is 9.74. The highest BCUT2D eigenvalue weighted by molar-refractivity contribution is 7.99. The lowest BCUT2D eigenvalue weighted by Crippen LogP contribution is -2.02. The normalized spacial score (nSPS) is 16.5. The number of hydrogen-bond acceptors (Lipinski definition) is 5. The van der Waals surface area contributed by atoms with Gasteiger partial charge in [0.1, 0.15) is 5.82 Å². The second kappa shape index (κ2) is 5.93. The zero-order valence-corrected chi connectivity index (χ0v) is 12.3. The van der Waals surface area contributed by atoms with Gasteiger partial charge in [-0.05, 0) is 43.7 Å². The summed E-state index contributed by atoms with van der Waals surface area (Å²) in [5, 5.41) is 19.0. The average Bonchev–Trinajstić information content (AvgIpc) is 2.69. The highest BCUT2D eigenvalue weighted by atomic mass is 32.2. The van der Waals surface area contributed by atoms with E-state index in [1.54, 1.807) is 24.9 Å². The first kappa shape index (κ1) is 13.6. The van der Waals surface area contributed by atoms with Crippen LogP contribution in [0.1, 0.15) is 43.8 Å². The average molecular weight is 290 g/mol. The van der Waals surface area contributed by atoms with Gasteiger partial charge in [-0.25, -0.2) is 0 Å². The summed E-state index contributed by atoms with van der Waals surface area (Å²) in [6.07, 6.45) is 5.93. The highest BCUT2D eigenvalue weighted by Crippen LogP contribution is 2.28. The Hall–Kier alpha value is -1.40. The van der Waals surface area contributed by atoms with Gasteiger partial charge >= 0.3 is 0 Å². The van der Waals surface area contributed by atoms with Gasteiger partial charge < -0.3 is 9.67 Å². The fourth-order valence-corrected chi connectivity index (χ4v) is 3.18. The van der Waals surface area contributed by atoms with Crippen LogP contribution in [0.4, 0.5) is 0 Å². The van der Waals surface area contributed by atoms with Crippen LogP contribution in [0.5, 0.6) is 0 Å². The molecular formula is C14H18N4OS. The van der Waals surface area contributed by atoms with Crippen molar-refractivity contribution in [3.05, 3.63) is 29.8 Å². The van der Waals surface area contributed by atoms with E-state index >= 15 is 0 Å². The summed E-state index contributed by atoms with van der Waals surface area (Å²) < 4.78 is 2.22. The molecule has 5 nitrogen and oxygen atoms in total. The second-order valence-electron chi connectivity index (χ2n) is 5.06. The Labute approximate surface area is 122 Å². The van der Waals surface area contributed by atoms with Crippen LogP contribution in [-0.4, -0.2) is 24.9 Å². The number of aryl methyl sites for hydroxylation is 1. The molecule has 2 aromatic heterocycles. The number of nitrogens with zero attached hydrogens (tertiary/aromatic N) is 4. The first-order valence-corrected chi connectivity index (χ1v) is 7.79. The van der Waals surface area contributed by atoms with Crippen LogP contribution in [0.3, 0.4) is 0 Å². The van der Waals surface area contributed by atoms with Gasteiger partial charge in [-0.2, -0.15) is 0 Å². The molecule has 1 N–H and O–H groups in total. The first-order valence-electron chi connectivity index (χ1n) is 6.98. The number of fused-ring (bicyclic) bond motifs is 1. The van der Waals surface area contributed by atoms with Gasteiger partial charge in [0.2, 0.25) is 0 Å². The molecule has 0 spiro atoms. The molecule has 2 aromatic rings. The maximum Gasteiger partial charge on any atom is 0.196 e. The molecule has 0 radical (unpaired) electrons. The van der Waals surface area contributed by atoms with Gasteiger partial charge in [0.15, 0.2) is 5.16 Å². The minimum atomic E-state index is -0.529. The molecule has 3 rings (SSSR count). The van der Waals surface area contributed by atoms with Crippen molar-refractivity contribution in [3.63, 3.8) is 0 Å². The minimum Gasteiger partial charge on any atom is -0.387 e. The van der Waals surface area contributed by atoms with Crippen LogP contribution in [-0.2, 0) is 13.0 Å². The Morgan fingerprint density at radius 3 is 2.90 bits per heavy atom. The molecule has 0 amide bonds. The fourth-order valence-electron chi connectivity index (χ4n) is 2.34. The zero-order chi connectivity index (χ0) is 13.9. The molecule has 20 heavy (non-hydrogen) atoms. The highest BCUT2D eigenvalue weighted by Gasteiger charge is 2.15. The third kappa shape index (κ3) is 2.86. The molecule has 0 fully saturated rings. The van der Waals surface area contributed by atoms with Crippen molar-refractivity contribution in [2.75, 3.05) is 0 Å². The largest absolute Gasteiger partial charge is 0.387 e. The van der Waals surface area contributed by atoms with E-state index in [9.17, 15) is 5.11 Å². The number of aliphatic hydroxyl groups is 1. The molecule has 1 unspecified atom stereocenters. The lowest BCUT2D eigenvalue weighted by molar-refractivity contribution is 0.194. The standard InChI is InChI=1S/C14H18N4OS/c1-10(19)12-7-6-11(9-15-12)20-14-17-16-13-5-3-2-4-8-18(13)14/h6-7,9-10,19H,2-5,8H2,1H3. The molecule has 0 saturated carbocycles. The van der Waals surface area contributed by atoms with E-state index in [4.69, 9.17) is 0 Å².